The van der Waals surface area contributed by atoms with Crippen molar-refractivity contribution in [1.29, 1.82) is 0 Å². The van der Waals surface area contributed by atoms with E-state index in [4.69, 9.17) is 32.3 Å². The van der Waals surface area contributed by atoms with Gasteiger partial charge in [-0.05, 0) is 87.9 Å². The van der Waals surface area contributed by atoms with Crippen molar-refractivity contribution in [2.24, 2.45) is 11.3 Å². The Balaban J connectivity index is 1.18. The Bertz CT molecular complexity index is 2040. The maximum absolute atomic E-state index is 17.0. The lowest BCUT2D eigenvalue weighted by Crippen LogP contribution is -2.56. The quantitative estimate of drug-likeness (QED) is 0.212. The molecule has 8 rings (SSSR count). The van der Waals surface area contributed by atoms with Crippen LogP contribution in [0.5, 0.6) is 11.8 Å². The largest absolute Gasteiger partial charge is 0.508 e. The molecule has 2 saturated heterocycles. The van der Waals surface area contributed by atoms with E-state index in [9.17, 15) is 9.50 Å². The number of hydrogen-bond acceptors (Lipinski definition) is 8. The molecule has 2 aliphatic heterocycles. The molecule has 0 radical (unpaired) electrons. The number of nitrogens with zero attached hydrogens (tertiary/aromatic N) is 5. The second-order valence-corrected chi connectivity index (χ2v) is 14.7. The van der Waals surface area contributed by atoms with Crippen LogP contribution < -0.4 is 9.64 Å². The number of hydrogen-bond donors (Lipinski definition) is 1. The zero-order valence-electron chi connectivity index (χ0n) is 28.8. The van der Waals surface area contributed by atoms with Gasteiger partial charge >= 0.3 is 6.01 Å². The number of likely N-dealkylation sites (tertiary alicyclic amines) is 1. The minimum absolute atomic E-state index is 0.0308. The molecule has 0 amide bonds. The number of aromatic hydroxyl groups is 1. The van der Waals surface area contributed by atoms with Crippen LogP contribution in [0.4, 0.5) is 14.6 Å². The van der Waals surface area contributed by atoms with Gasteiger partial charge in [-0.25, -0.2) is 8.78 Å². The first kappa shape index (κ1) is 33.6. The summed E-state index contributed by atoms with van der Waals surface area (Å²) in [6.07, 6.45) is 23.8. The van der Waals surface area contributed by atoms with Gasteiger partial charge in [0.15, 0.2) is 5.82 Å². The van der Waals surface area contributed by atoms with Crippen molar-refractivity contribution < 1.29 is 23.4 Å². The van der Waals surface area contributed by atoms with E-state index in [-0.39, 0.29) is 44.9 Å². The molecule has 0 bridgehead atoms. The Morgan fingerprint density at radius 3 is 2.65 bits per heavy atom. The molecule has 4 aliphatic rings. The molecule has 2 aromatic heterocycles. The lowest BCUT2D eigenvalue weighted by Gasteiger charge is -2.50. The van der Waals surface area contributed by atoms with E-state index in [1.807, 2.05) is 0 Å². The van der Waals surface area contributed by atoms with Crippen molar-refractivity contribution in [3.63, 3.8) is 0 Å². The number of fused-ring (bicyclic) bond motifs is 3. The van der Waals surface area contributed by atoms with Gasteiger partial charge < -0.3 is 19.5 Å². The fourth-order valence-corrected chi connectivity index (χ4v) is 9.38. The van der Waals surface area contributed by atoms with Gasteiger partial charge in [0.1, 0.15) is 28.6 Å². The molecular formula is C41H43F2N5O3. The average molecular weight is 692 g/mol. The van der Waals surface area contributed by atoms with Gasteiger partial charge in [-0.15, -0.1) is 18.8 Å². The van der Waals surface area contributed by atoms with Crippen LogP contribution in [0.15, 0.2) is 30.5 Å². The van der Waals surface area contributed by atoms with E-state index in [2.05, 4.69) is 26.6 Å². The van der Waals surface area contributed by atoms with E-state index in [0.29, 0.717) is 67.5 Å². The van der Waals surface area contributed by atoms with Crippen LogP contribution in [-0.4, -0.2) is 76.5 Å². The highest BCUT2D eigenvalue weighted by Crippen LogP contribution is 2.50. The summed E-state index contributed by atoms with van der Waals surface area (Å²) in [5.74, 6) is 4.83. The topological polar surface area (TPSA) is 83.8 Å². The zero-order chi connectivity index (χ0) is 35.1. The standard InChI is InChI=1S/C41H43F2N5O3/c1-3-26-9-12-28(13-10-26)48-18-6-16-41(15-5-8-34(41)48)25-51-40-45-38-32(39(46-40)47-17-7-20-50-21-19-47)24-44-37(36(38)43)31-23-29(49)22-27-11-14-33(42)30(4-2)35(27)31/h1-2,11,14,22-24,26,28,34,49H,5-10,12-13,15-21,25H2. The number of rotatable bonds is 6. The summed E-state index contributed by atoms with van der Waals surface area (Å²) < 4.78 is 44.2. The second kappa shape index (κ2) is 13.9. The Kier molecular flexibility index (Phi) is 9.16. The number of phenols is 1. The molecule has 2 atom stereocenters. The van der Waals surface area contributed by atoms with E-state index in [1.54, 1.807) is 6.20 Å². The summed E-state index contributed by atoms with van der Waals surface area (Å²) in [5, 5.41) is 11.8. The maximum atomic E-state index is 17.0. The number of pyridine rings is 1. The summed E-state index contributed by atoms with van der Waals surface area (Å²) in [7, 11) is 0. The number of phenolic OH excluding ortho intramolecular Hbond substituents is 1. The third-order valence-electron chi connectivity index (χ3n) is 11.9. The smallest absolute Gasteiger partial charge is 0.319 e. The maximum Gasteiger partial charge on any atom is 0.319 e. The van der Waals surface area contributed by atoms with Crippen LogP contribution in [0.2, 0.25) is 0 Å². The van der Waals surface area contributed by atoms with Crippen molar-refractivity contribution in [2.75, 3.05) is 44.4 Å². The predicted molar refractivity (Wildman–Crippen MR) is 194 cm³/mol. The van der Waals surface area contributed by atoms with E-state index < -0.39 is 11.6 Å². The fourth-order valence-electron chi connectivity index (χ4n) is 9.38. The summed E-state index contributed by atoms with van der Waals surface area (Å²) >= 11 is 0. The lowest BCUT2D eigenvalue weighted by atomic mass is 9.73. The first-order chi connectivity index (χ1) is 24.9. The number of anilines is 1. The van der Waals surface area contributed by atoms with Gasteiger partial charge in [-0.2, -0.15) is 9.97 Å². The third kappa shape index (κ3) is 6.13. The molecule has 1 N–H and O–H groups in total. The van der Waals surface area contributed by atoms with Crippen LogP contribution in [0.3, 0.4) is 0 Å². The number of terminal acetylenes is 2. The molecule has 2 aliphatic carbocycles. The Hall–Kier alpha value is -4.51. The molecule has 2 aromatic carbocycles. The van der Waals surface area contributed by atoms with Crippen molar-refractivity contribution in [1.82, 2.24) is 19.9 Å². The molecule has 2 unspecified atom stereocenters. The third-order valence-corrected chi connectivity index (χ3v) is 11.9. The van der Waals surface area contributed by atoms with Crippen molar-refractivity contribution in [3.8, 4) is 47.7 Å². The van der Waals surface area contributed by atoms with E-state index >= 15 is 4.39 Å². The van der Waals surface area contributed by atoms with Crippen LogP contribution in [-0.2, 0) is 4.74 Å². The molecule has 4 aromatic rings. The summed E-state index contributed by atoms with van der Waals surface area (Å²) in [6.45, 7) is 3.92. The second-order valence-electron chi connectivity index (χ2n) is 14.7. The highest BCUT2D eigenvalue weighted by molar-refractivity contribution is 6.03. The van der Waals surface area contributed by atoms with Gasteiger partial charge in [0.25, 0.3) is 0 Å². The summed E-state index contributed by atoms with van der Waals surface area (Å²) in [6, 6.07) is 6.65. The summed E-state index contributed by atoms with van der Waals surface area (Å²) in [5.41, 5.74) is 0.0492. The van der Waals surface area contributed by atoms with Crippen molar-refractivity contribution in [2.45, 2.75) is 76.3 Å². The molecule has 8 nitrogen and oxygen atoms in total. The van der Waals surface area contributed by atoms with Crippen molar-refractivity contribution >= 4 is 27.5 Å². The number of piperidine rings is 1. The van der Waals surface area contributed by atoms with E-state index in [0.717, 1.165) is 70.8 Å². The van der Waals surface area contributed by atoms with Gasteiger partial charge in [-0.3, -0.25) is 9.88 Å². The first-order valence-corrected chi connectivity index (χ1v) is 18.3. The van der Waals surface area contributed by atoms with Crippen LogP contribution in [0.1, 0.15) is 69.8 Å². The van der Waals surface area contributed by atoms with Crippen LogP contribution >= 0.6 is 0 Å². The monoisotopic (exact) mass is 691 g/mol. The minimum Gasteiger partial charge on any atom is -0.508 e. The highest BCUT2D eigenvalue weighted by atomic mass is 19.1. The fraction of sp³-hybridized carbons (Fsp3) is 0.488. The normalized spacial score (nSPS) is 25.6. The molecule has 51 heavy (non-hydrogen) atoms. The highest BCUT2D eigenvalue weighted by Gasteiger charge is 2.50. The van der Waals surface area contributed by atoms with Gasteiger partial charge in [0.05, 0.1) is 24.2 Å². The minimum atomic E-state index is -0.727. The lowest BCUT2D eigenvalue weighted by molar-refractivity contribution is -0.0317. The number of ether oxygens (including phenoxy) is 2. The number of aromatic nitrogens is 3. The Morgan fingerprint density at radius 1 is 0.980 bits per heavy atom. The van der Waals surface area contributed by atoms with E-state index in [1.165, 1.54) is 24.3 Å². The summed E-state index contributed by atoms with van der Waals surface area (Å²) in [4.78, 5) is 19.0. The van der Waals surface area contributed by atoms with Gasteiger partial charge in [0.2, 0.25) is 0 Å². The zero-order valence-corrected chi connectivity index (χ0v) is 28.8. The molecule has 10 heteroatoms. The number of halogens is 2. The Labute approximate surface area is 297 Å². The molecule has 0 spiro atoms. The molecule has 264 valence electrons. The SMILES string of the molecule is C#Cc1c(F)ccc2cc(O)cc(-c3ncc4c(N5CCCOCC5)nc(OCC56CCCC5N(C5CCC(C#C)CC5)CCC6)nc4c3F)c12. The molecular weight excluding hydrogens is 648 g/mol. The molecule has 4 heterocycles. The van der Waals surface area contributed by atoms with Gasteiger partial charge in [0, 0.05) is 60.3 Å². The van der Waals surface area contributed by atoms with Gasteiger partial charge in [-0.1, -0.05) is 18.4 Å². The van der Waals surface area contributed by atoms with Crippen LogP contribution in [0, 0.1) is 47.7 Å². The first-order valence-electron chi connectivity index (χ1n) is 18.3. The molecule has 2 saturated carbocycles. The predicted octanol–water partition coefficient (Wildman–Crippen LogP) is 7.24. The number of benzene rings is 2. The van der Waals surface area contributed by atoms with Crippen LogP contribution in [0.25, 0.3) is 32.9 Å². The molecule has 4 fully saturated rings. The van der Waals surface area contributed by atoms with Crippen molar-refractivity contribution in [3.05, 3.63) is 47.7 Å². The Morgan fingerprint density at radius 2 is 1.82 bits per heavy atom. The average Bonchev–Trinajstić information content (AvgIpc) is 3.40.